The summed E-state index contributed by atoms with van der Waals surface area (Å²) < 4.78 is 10.5. The molecule has 0 aliphatic rings. The summed E-state index contributed by atoms with van der Waals surface area (Å²) in [5.41, 5.74) is 0. The van der Waals surface area contributed by atoms with Gasteiger partial charge in [-0.2, -0.15) is 4.89 Å². The molecule has 74 valence electrons. The maximum Gasteiger partial charge on any atom is 0.521 e. The Morgan fingerprint density at radius 2 is 1.62 bits per heavy atom. The summed E-state index contributed by atoms with van der Waals surface area (Å²) in [5.74, 6) is -0.254. The molecule has 0 heterocycles. The first-order valence-corrected chi connectivity index (χ1v) is 4.91. The predicted molar refractivity (Wildman–Crippen MR) is 49.8 cm³/mol. The van der Waals surface area contributed by atoms with E-state index in [1.165, 1.54) is 4.90 Å². The molecule has 0 radical (unpaired) electrons. The van der Waals surface area contributed by atoms with Crippen molar-refractivity contribution in [2.75, 3.05) is 19.4 Å². The van der Waals surface area contributed by atoms with Crippen LogP contribution in [0.3, 0.4) is 0 Å². The maximum atomic E-state index is 10.5. The van der Waals surface area contributed by atoms with Gasteiger partial charge in [0.15, 0.2) is 0 Å². The molecule has 0 saturated heterocycles. The Bertz CT molecular complexity index is 190. The number of hydrogen-bond acceptors (Lipinski definition) is 4. The number of aliphatic hydroxyl groups is 2. The zero-order valence-corrected chi connectivity index (χ0v) is 8.07. The minimum absolute atomic E-state index is 0.0429. The molecule has 0 saturated carbocycles. The Morgan fingerprint density at radius 3 is 1.85 bits per heavy atom. The Morgan fingerprint density at radius 1 is 1.23 bits per heavy atom. The molecule has 0 aromatic rings. The molecule has 0 fully saturated rings. The monoisotopic (exact) mass is 206 g/mol. The first-order chi connectivity index (χ1) is 5.91. The van der Waals surface area contributed by atoms with E-state index in [9.17, 15) is 4.57 Å². The zero-order valence-electron chi connectivity index (χ0n) is 7.18. The fourth-order valence-electron chi connectivity index (χ4n) is 0.843. The maximum absolute atomic E-state index is 10.5. The van der Waals surface area contributed by atoms with Crippen molar-refractivity contribution in [1.29, 1.82) is 0 Å². The Hall–Kier alpha value is -0.900. The van der Waals surface area contributed by atoms with Crippen molar-refractivity contribution in [3.63, 3.8) is 0 Å². The molecule has 1 atom stereocenters. The van der Waals surface area contributed by atoms with Gasteiger partial charge in [-0.05, 0) is 4.57 Å². The second-order valence-corrected chi connectivity index (χ2v) is 3.60. The van der Waals surface area contributed by atoms with E-state index in [0.717, 1.165) is 0 Å². The third-order valence-electron chi connectivity index (χ3n) is 1.13. The molecule has 0 aromatic carbocycles. The van der Waals surface area contributed by atoms with Crippen LogP contribution in [0, 0.1) is 0 Å². The fraction of sp³-hybridized carbons (Fsp3) is 0.429. The lowest BCUT2D eigenvalue weighted by Crippen LogP contribution is -2.27. The lowest BCUT2D eigenvalue weighted by Gasteiger charge is -2.14. The van der Waals surface area contributed by atoms with Gasteiger partial charge in [-0.3, -0.25) is 0 Å². The van der Waals surface area contributed by atoms with E-state index in [1.807, 2.05) is 0 Å². The van der Waals surface area contributed by atoms with Crippen molar-refractivity contribution in [3.05, 3.63) is 24.7 Å². The molecule has 0 amide bonds. The van der Waals surface area contributed by atoms with Crippen molar-refractivity contribution >= 4 is 8.03 Å². The van der Waals surface area contributed by atoms with Gasteiger partial charge in [0.1, 0.15) is 0 Å². The van der Waals surface area contributed by atoms with Crippen LogP contribution in [0.4, 0.5) is 0 Å². The van der Waals surface area contributed by atoms with E-state index in [0.29, 0.717) is 0 Å². The molecule has 0 aliphatic carbocycles. The Balaban J connectivity index is 4.10. The van der Waals surface area contributed by atoms with Crippen molar-refractivity contribution < 1.29 is 19.7 Å². The lowest BCUT2D eigenvalue weighted by atomic mass is 10.4. The summed E-state index contributed by atoms with van der Waals surface area (Å²) in [6.45, 7) is 6.56. The highest BCUT2D eigenvalue weighted by atomic mass is 31.1. The molecule has 0 bridgehead atoms. The van der Waals surface area contributed by atoms with Crippen LogP contribution in [0.2, 0.25) is 0 Å². The van der Waals surface area contributed by atoms with Crippen molar-refractivity contribution in [1.82, 2.24) is 4.90 Å². The minimum Gasteiger partial charge on any atom is -0.512 e. The zero-order chi connectivity index (χ0) is 10.4. The Kier molecular flexibility index (Phi) is 5.30. The van der Waals surface area contributed by atoms with Crippen LogP contribution in [0.1, 0.15) is 0 Å². The molecule has 13 heavy (non-hydrogen) atoms. The van der Waals surface area contributed by atoms with Gasteiger partial charge in [0, 0.05) is 0 Å². The standard InChI is InChI=1S/C7H12NO4P/c1-6(9)3-8(4-7(2)10)5-13(11)12/h1-5H2,(H2-,9,10,11,12)/p+1. The Labute approximate surface area is 77.5 Å². The van der Waals surface area contributed by atoms with Gasteiger partial charge < -0.3 is 10.2 Å². The van der Waals surface area contributed by atoms with Crippen LogP contribution >= 0.6 is 8.03 Å². The van der Waals surface area contributed by atoms with E-state index in [2.05, 4.69) is 13.2 Å². The van der Waals surface area contributed by atoms with Gasteiger partial charge in [0.05, 0.1) is 24.6 Å². The summed E-state index contributed by atoms with van der Waals surface area (Å²) in [7, 11) is -2.33. The fourth-order valence-corrected chi connectivity index (χ4v) is 1.39. The topological polar surface area (TPSA) is 81.0 Å². The number of hydrogen-bond donors (Lipinski definition) is 3. The first-order valence-electron chi connectivity index (χ1n) is 3.51. The highest BCUT2D eigenvalue weighted by Gasteiger charge is 2.19. The van der Waals surface area contributed by atoms with Gasteiger partial charge in [-0.25, -0.2) is 4.90 Å². The average Bonchev–Trinajstić information content (AvgIpc) is 1.80. The molecular formula is C7H13NO4P+. The highest BCUT2D eigenvalue weighted by Crippen LogP contribution is 2.15. The van der Waals surface area contributed by atoms with E-state index < -0.39 is 8.03 Å². The number of nitrogens with zero attached hydrogens (tertiary/aromatic N) is 1. The molecule has 0 rings (SSSR count). The molecule has 0 spiro atoms. The summed E-state index contributed by atoms with van der Waals surface area (Å²) in [6, 6.07) is 0. The summed E-state index contributed by atoms with van der Waals surface area (Å²) >= 11 is 0. The molecule has 0 aromatic heterocycles. The highest BCUT2D eigenvalue weighted by molar-refractivity contribution is 7.37. The van der Waals surface area contributed by atoms with Crippen LogP contribution in [-0.2, 0) is 4.57 Å². The van der Waals surface area contributed by atoms with E-state index in [4.69, 9.17) is 15.1 Å². The quantitative estimate of drug-likeness (QED) is 0.448. The van der Waals surface area contributed by atoms with Gasteiger partial charge in [-0.15, -0.1) is 0 Å². The van der Waals surface area contributed by atoms with Gasteiger partial charge in [-0.1, -0.05) is 13.2 Å². The van der Waals surface area contributed by atoms with E-state index >= 15 is 0 Å². The molecule has 1 unspecified atom stereocenters. The second-order valence-electron chi connectivity index (χ2n) is 2.61. The van der Waals surface area contributed by atoms with Gasteiger partial charge in [0.25, 0.3) is 0 Å². The first kappa shape index (κ1) is 12.1. The largest absolute Gasteiger partial charge is 0.521 e. The third kappa shape index (κ3) is 7.46. The van der Waals surface area contributed by atoms with Crippen molar-refractivity contribution in [3.8, 4) is 0 Å². The normalized spacial score (nSPS) is 11.4. The predicted octanol–water partition coefficient (Wildman–Crippen LogP) is 1.12. The SMILES string of the molecule is C=C(O)CN(CC(=C)O)C[P+](=O)O. The molecular weight excluding hydrogens is 193 g/mol. The van der Waals surface area contributed by atoms with Crippen LogP contribution in [0.5, 0.6) is 0 Å². The minimum atomic E-state index is -2.33. The van der Waals surface area contributed by atoms with E-state index in [-0.39, 0.29) is 30.9 Å². The summed E-state index contributed by atoms with van der Waals surface area (Å²) in [4.78, 5) is 9.96. The average molecular weight is 206 g/mol. The third-order valence-corrected chi connectivity index (χ3v) is 1.78. The molecule has 5 nitrogen and oxygen atoms in total. The van der Waals surface area contributed by atoms with Gasteiger partial charge in [0.2, 0.25) is 6.29 Å². The second kappa shape index (κ2) is 5.70. The summed E-state index contributed by atoms with van der Waals surface area (Å²) in [6.07, 6.45) is -0.130. The van der Waals surface area contributed by atoms with Crippen LogP contribution in [0.25, 0.3) is 0 Å². The lowest BCUT2D eigenvalue weighted by molar-refractivity contribution is 0.255. The molecule has 6 heteroatoms. The van der Waals surface area contributed by atoms with Crippen molar-refractivity contribution in [2.24, 2.45) is 0 Å². The summed E-state index contributed by atoms with van der Waals surface area (Å²) in [5, 5.41) is 17.6. The van der Waals surface area contributed by atoms with Gasteiger partial charge >= 0.3 is 8.03 Å². The van der Waals surface area contributed by atoms with Crippen LogP contribution in [-0.4, -0.2) is 39.4 Å². The number of aliphatic hydroxyl groups excluding tert-OH is 2. The smallest absolute Gasteiger partial charge is 0.512 e. The number of rotatable bonds is 6. The van der Waals surface area contributed by atoms with Crippen LogP contribution in [0.15, 0.2) is 24.7 Å². The molecule has 3 N–H and O–H groups in total. The molecule has 0 aliphatic heterocycles. The van der Waals surface area contributed by atoms with Crippen molar-refractivity contribution in [2.45, 2.75) is 0 Å². The van der Waals surface area contributed by atoms with Crippen LogP contribution < -0.4 is 0 Å². The van der Waals surface area contributed by atoms with E-state index in [1.54, 1.807) is 0 Å².